The van der Waals surface area contributed by atoms with Gasteiger partial charge in [-0.15, -0.1) is 0 Å². The van der Waals surface area contributed by atoms with Gasteiger partial charge in [0, 0.05) is 13.1 Å². The lowest BCUT2D eigenvalue weighted by Crippen LogP contribution is -2.60. The summed E-state index contributed by atoms with van der Waals surface area (Å²) >= 11 is 0. The third-order valence-corrected chi connectivity index (χ3v) is 4.07. The van der Waals surface area contributed by atoms with Gasteiger partial charge >= 0.3 is 12.1 Å². The van der Waals surface area contributed by atoms with Crippen LogP contribution in [0, 0.1) is 23.7 Å². The van der Waals surface area contributed by atoms with Crippen molar-refractivity contribution in [3.8, 4) is 6.07 Å². The molecule has 1 aromatic heterocycles. The Morgan fingerprint density at radius 1 is 1.28 bits per heavy atom. The van der Waals surface area contributed by atoms with Gasteiger partial charge < -0.3 is 19.7 Å². The van der Waals surface area contributed by atoms with E-state index < -0.39 is 17.7 Å². The molecular weight excluding hydrogens is 372 g/mol. The van der Waals surface area contributed by atoms with Crippen molar-refractivity contribution in [3.05, 3.63) is 22.9 Å². The monoisotopic (exact) mass is 402 g/mol. The van der Waals surface area contributed by atoms with Crippen molar-refractivity contribution < 1.29 is 19.1 Å². The van der Waals surface area contributed by atoms with Crippen molar-refractivity contribution in [2.24, 2.45) is 5.41 Å². The van der Waals surface area contributed by atoms with Crippen LogP contribution in [0.2, 0.25) is 0 Å². The number of hydrogen-bond donors (Lipinski definition) is 1. The fraction of sp³-hybridized carbons (Fsp3) is 0.619. The number of carbonyl (C=O) groups is 2. The lowest BCUT2D eigenvalue weighted by atomic mass is 9.98. The van der Waals surface area contributed by atoms with E-state index in [4.69, 9.17) is 9.47 Å². The number of aromatic nitrogens is 1. The molecule has 1 saturated heterocycles. The zero-order chi connectivity index (χ0) is 22.0. The summed E-state index contributed by atoms with van der Waals surface area (Å²) in [5.41, 5.74) is 0.384. The first kappa shape index (κ1) is 22.5. The molecule has 0 radical (unpaired) electrons. The highest BCUT2D eigenvalue weighted by Crippen LogP contribution is 2.26. The SMILES string of the molecule is Cc1nc(N2CC(NC(=O)OC(C)(C)C)C2)c(C#N)cc1C(=O)OCC(C)(C)C. The van der Waals surface area contributed by atoms with E-state index in [0.29, 0.717) is 35.7 Å². The highest BCUT2D eigenvalue weighted by atomic mass is 16.6. The molecule has 0 bridgehead atoms. The van der Waals surface area contributed by atoms with Gasteiger partial charge in [0.2, 0.25) is 0 Å². The molecule has 1 fully saturated rings. The number of ether oxygens (including phenoxy) is 2. The lowest BCUT2D eigenvalue weighted by molar-refractivity contribution is 0.0364. The highest BCUT2D eigenvalue weighted by molar-refractivity contribution is 5.91. The summed E-state index contributed by atoms with van der Waals surface area (Å²) in [6, 6.07) is 3.54. The van der Waals surface area contributed by atoms with E-state index >= 15 is 0 Å². The van der Waals surface area contributed by atoms with Crippen molar-refractivity contribution >= 4 is 17.9 Å². The van der Waals surface area contributed by atoms with Gasteiger partial charge in [-0.3, -0.25) is 0 Å². The summed E-state index contributed by atoms with van der Waals surface area (Å²) in [6.45, 7) is 14.3. The molecule has 8 nitrogen and oxygen atoms in total. The van der Waals surface area contributed by atoms with Gasteiger partial charge in [0.15, 0.2) is 0 Å². The first-order chi connectivity index (χ1) is 13.3. The average Bonchev–Trinajstić information content (AvgIpc) is 2.53. The average molecular weight is 402 g/mol. The molecule has 0 spiro atoms. The summed E-state index contributed by atoms with van der Waals surface area (Å²) in [5.74, 6) is 0.0145. The second-order valence-electron chi connectivity index (χ2n) is 9.49. The number of pyridine rings is 1. The number of hydrogen-bond acceptors (Lipinski definition) is 7. The number of rotatable bonds is 4. The smallest absolute Gasteiger partial charge is 0.407 e. The van der Waals surface area contributed by atoms with E-state index in [2.05, 4.69) is 16.4 Å². The number of nitrogens with zero attached hydrogens (tertiary/aromatic N) is 3. The Hall–Kier alpha value is -2.82. The molecule has 0 aliphatic carbocycles. The maximum absolute atomic E-state index is 12.4. The van der Waals surface area contributed by atoms with E-state index in [0.717, 1.165) is 0 Å². The molecule has 0 aromatic carbocycles. The second-order valence-corrected chi connectivity index (χ2v) is 9.49. The minimum absolute atomic E-state index is 0.0880. The van der Waals surface area contributed by atoms with Crippen LogP contribution in [-0.4, -0.2) is 48.4 Å². The highest BCUT2D eigenvalue weighted by Gasteiger charge is 2.33. The zero-order valence-electron chi connectivity index (χ0n) is 18.3. The first-order valence-electron chi connectivity index (χ1n) is 9.62. The summed E-state index contributed by atoms with van der Waals surface area (Å²) < 4.78 is 10.6. The molecule has 8 heteroatoms. The number of alkyl carbamates (subject to hydrolysis) is 1. The molecule has 1 amide bonds. The standard InChI is InChI=1S/C21H30N4O4/c1-13-16(18(26)28-12-20(2,3)4)8-14(9-22)17(23-13)25-10-15(11-25)24-19(27)29-21(5,6)7/h8,15H,10-12H2,1-7H3,(H,24,27). The van der Waals surface area contributed by atoms with Crippen molar-refractivity contribution in [1.82, 2.24) is 10.3 Å². The van der Waals surface area contributed by atoms with Crippen LogP contribution >= 0.6 is 0 Å². The van der Waals surface area contributed by atoms with Crippen LogP contribution in [0.15, 0.2) is 6.07 Å². The quantitative estimate of drug-likeness (QED) is 0.771. The van der Waals surface area contributed by atoms with Crippen LogP contribution < -0.4 is 10.2 Å². The van der Waals surface area contributed by atoms with E-state index in [9.17, 15) is 14.9 Å². The molecule has 1 aliphatic heterocycles. The maximum atomic E-state index is 12.4. The van der Waals surface area contributed by atoms with Crippen LogP contribution in [0.25, 0.3) is 0 Å². The number of amides is 1. The van der Waals surface area contributed by atoms with Crippen LogP contribution in [0.3, 0.4) is 0 Å². The topological polar surface area (TPSA) is 105 Å². The molecule has 1 N–H and O–H groups in total. The van der Waals surface area contributed by atoms with Crippen LogP contribution in [0.4, 0.5) is 10.6 Å². The van der Waals surface area contributed by atoms with Crippen LogP contribution in [-0.2, 0) is 9.47 Å². The van der Waals surface area contributed by atoms with Crippen molar-refractivity contribution in [1.29, 1.82) is 5.26 Å². The number of nitrogens with one attached hydrogen (secondary N) is 1. The summed E-state index contributed by atoms with van der Waals surface area (Å²) in [5, 5.41) is 12.3. The number of aryl methyl sites for hydroxylation is 1. The predicted octanol–water partition coefficient (Wildman–Crippen LogP) is 3.18. The predicted molar refractivity (Wildman–Crippen MR) is 109 cm³/mol. The molecular formula is C21H30N4O4. The van der Waals surface area contributed by atoms with Crippen molar-refractivity contribution in [3.63, 3.8) is 0 Å². The number of nitriles is 1. The van der Waals surface area contributed by atoms with Crippen molar-refractivity contribution in [2.45, 2.75) is 60.1 Å². The largest absolute Gasteiger partial charge is 0.461 e. The van der Waals surface area contributed by atoms with Crippen LogP contribution in [0.1, 0.15) is 63.2 Å². The van der Waals surface area contributed by atoms with Gasteiger partial charge in [-0.05, 0) is 39.2 Å². The van der Waals surface area contributed by atoms with Crippen LogP contribution in [0.5, 0.6) is 0 Å². The van der Waals surface area contributed by atoms with Crippen molar-refractivity contribution in [2.75, 3.05) is 24.6 Å². The molecule has 0 atom stereocenters. The lowest BCUT2D eigenvalue weighted by Gasteiger charge is -2.41. The number of esters is 1. The zero-order valence-corrected chi connectivity index (χ0v) is 18.3. The molecule has 1 aromatic rings. The third-order valence-electron chi connectivity index (χ3n) is 4.07. The molecule has 0 saturated carbocycles. The van der Waals surface area contributed by atoms with E-state index in [-0.39, 0.29) is 18.1 Å². The van der Waals surface area contributed by atoms with Gasteiger partial charge in [0.1, 0.15) is 17.5 Å². The number of carbonyl (C=O) groups excluding carboxylic acids is 2. The Balaban J connectivity index is 2.05. The van der Waals surface area contributed by atoms with Gasteiger partial charge in [-0.1, -0.05) is 20.8 Å². The minimum Gasteiger partial charge on any atom is -0.461 e. The Labute approximate surface area is 172 Å². The van der Waals surface area contributed by atoms with E-state index in [1.807, 2.05) is 25.7 Å². The van der Waals surface area contributed by atoms with E-state index in [1.165, 1.54) is 6.07 Å². The summed E-state index contributed by atoms with van der Waals surface area (Å²) in [7, 11) is 0. The summed E-state index contributed by atoms with van der Waals surface area (Å²) in [6.07, 6.45) is -0.469. The van der Waals surface area contributed by atoms with Gasteiger partial charge in [-0.25, -0.2) is 14.6 Å². The van der Waals surface area contributed by atoms with Gasteiger partial charge in [0.05, 0.1) is 29.5 Å². The molecule has 1 aliphatic rings. The fourth-order valence-corrected chi connectivity index (χ4v) is 2.70. The minimum atomic E-state index is -0.558. The molecule has 2 rings (SSSR count). The van der Waals surface area contributed by atoms with Gasteiger partial charge in [-0.2, -0.15) is 5.26 Å². The number of anilines is 1. The molecule has 158 valence electrons. The normalized spacial score (nSPS) is 14.6. The van der Waals surface area contributed by atoms with E-state index in [1.54, 1.807) is 27.7 Å². The summed E-state index contributed by atoms with van der Waals surface area (Å²) in [4.78, 5) is 30.6. The van der Waals surface area contributed by atoms with Gasteiger partial charge in [0.25, 0.3) is 0 Å². The fourth-order valence-electron chi connectivity index (χ4n) is 2.70. The molecule has 0 unspecified atom stereocenters. The molecule has 2 heterocycles. The molecule has 29 heavy (non-hydrogen) atoms. The Bertz CT molecular complexity index is 825. The first-order valence-corrected chi connectivity index (χ1v) is 9.62. The Kier molecular flexibility index (Phi) is 6.41. The Morgan fingerprint density at radius 3 is 2.41 bits per heavy atom. The second kappa shape index (κ2) is 8.27. The maximum Gasteiger partial charge on any atom is 0.407 e. The Morgan fingerprint density at radius 2 is 1.90 bits per heavy atom. The third kappa shape index (κ3) is 6.34.